The maximum atomic E-state index is 12.5. The average Bonchev–Trinajstić information content (AvgIpc) is 3.23. The zero-order valence-corrected chi connectivity index (χ0v) is 19.7. The first-order chi connectivity index (χ1) is 14.4. The minimum atomic E-state index is -4.41. The third-order valence-corrected chi connectivity index (χ3v) is 4.95. The SMILES string of the molecule is CN=C(NCc1cccnc1OCC(F)(F)F)N1CCC(c2ccc(OC)cc2)C1.I. The maximum Gasteiger partial charge on any atom is 0.422 e. The van der Waals surface area contributed by atoms with Gasteiger partial charge in [-0.3, -0.25) is 4.99 Å². The van der Waals surface area contributed by atoms with Crippen LogP contribution in [0.5, 0.6) is 11.6 Å². The van der Waals surface area contributed by atoms with Crippen molar-refractivity contribution >= 4 is 29.9 Å². The van der Waals surface area contributed by atoms with Crippen molar-refractivity contribution in [2.24, 2.45) is 4.99 Å². The van der Waals surface area contributed by atoms with Crippen molar-refractivity contribution in [3.8, 4) is 11.6 Å². The molecule has 1 aromatic heterocycles. The number of hydrogen-bond donors (Lipinski definition) is 1. The summed E-state index contributed by atoms with van der Waals surface area (Å²) in [6, 6.07) is 11.4. The van der Waals surface area contributed by atoms with Crippen molar-refractivity contribution in [2.75, 3.05) is 33.9 Å². The van der Waals surface area contributed by atoms with E-state index >= 15 is 0 Å². The second-order valence-electron chi connectivity index (χ2n) is 6.98. The molecule has 1 unspecified atom stereocenters. The second kappa shape index (κ2) is 11.4. The van der Waals surface area contributed by atoms with Crippen molar-refractivity contribution in [2.45, 2.75) is 25.1 Å². The first-order valence-corrected chi connectivity index (χ1v) is 9.62. The highest BCUT2D eigenvalue weighted by molar-refractivity contribution is 14.0. The number of guanidine groups is 1. The lowest BCUT2D eigenvalue weighted by molar-refractivity contribution is -0.154. The Morgan fingerprint density at radius 2 is 2.00 bits per heavy atom. The van der Waals surface area contributed by atoms with E-state index in [4.69, 9.17) is 9.47 Å². The number of aromatic nitrogens is 1. The molecule has 0 bridgehead atoms. The van der Waals surface area contributed by atoms with Crippen LogP contribution in [0.25, 0.3) is 0 Å². The molecule has 31 heavy (non-hydrogen) atoms. The number of pyridine rings is 1. The second-order valence-corrected chi connectivity index (χ2v) is 6.98. The summed E-state index contributed by atoms with van der Waals surface area (Å²) >= 11 is 0. The molecule has 6 nitrogen and oxygen atoms in total. The molecule has 0 spiro atoms. The van der Waals surface area contributed by atoms with Gasteiger partial charge in [0, 0.05) is 44.4 Å². The Kier molecular flexibility index (Phi) is 9.20. The van der Waals surface area contributed by atoms with E-state index in [2.05, 4.69) is 32.3 Å². The summed E-state index contributed by atoms with van der Waals surface area (Å²) in [4.78, 5) is 10.4. The van der Waals surface area contributed by atoms with Gasteiger partial charge in [-0.15, -0.1) is 24.0 Å². The van der Waals surface area contributed by atoms with Gasteiger partial charge in [0.25, 0.3) is 0 Å². The van der Waals surface area contributed by atoms with Crippen LogP contribution < -0.4 is 14.8 Å². The van der Waals surface area contributed by atoms with Crippen molar-refractivity contribution in [3.63, 3.8) is 0 Å². The fourth-order valence-electron chi connectivity index (χ4n) is 3.45. The van der Waals surface area contributed by atoms with Crippen molar-refractivity contribution in [1.82, 2.24) is 15.2 Å². The molecule has 1 aliphatic rings. The summed E-state index contributed by atoms with van der Waals surface area (Å²) in [7, 11) is 3.33. The molecule has 0 aliphatic carbocycles. The van der Waals surface area contributed by atoms with E-state index in [1.54, 1.807) is 26.3 Å². The molecule has 0 amide bonds. The lowest BCUT2D eigenvalue weighted by Gasteiger charge is -2.22. The molecular formula is C21H26F3IN4O2. The van der Waals surface area contributed by atoms with Crippen molar-refractivity contribution in [3.05, 3.63) is 53.7 Å². The van der Waals surface area contributed by atoms with Crippen LogP contribution in [0.4, 0.5) is 13.2 Å². The number of nitrogens with one attached hydrogen (secondary N) is 1. The standard InChI is InChI=1S/C21H25F3N4O2.HI/c1-25-20(27-12-16-4-3-10-26-19(16)30-14-21(22,23)24)28-11-9-17(13-28)15-5-7-18(29-2)8-6-15;/h3-8,10,17H,9,11-14H2,1-2H3,(H,25,27);1H. The zero-order chi connectivity index (χ0) is 21.6. The van der Waals surface area contributed by atoms with E-state index in [9.17, 15) is 13.2 Å². The minimum Gasteiger partial charge on any atom is -0.497 e. The molecular weight excluding hydrogens is 524 g/mol. The smallest absolute Gasteiger partial charge is 0.422 e. The number of methoxy groups -OCH3 is 1. The molecule has 170 valence electrons. The van der Waals surface area contributed by atoms with Gasteiger partial charge in [0.2, 0.25) is 5.88 Å². The van der Waals surface area contributed by atoms with Gasteiger partial charge in [-0.25, -0.2) is 4.98 Å². The molecule has 3 rings (SSSR count). The van der Waals surface area contributed by atoms with Gasteiger partial charge >= 0.3 is 6.18 Å². The van der Waals surface area contributed by atoms with Crippen LogP contribution >= 0.6 is 24.0 Å². The average molecular weight is 550 g/mol. The Hall–Kier alpha value is -2.24. The third-order valence-electron chi connectivity index (χ3n) is 4.95. The predicted octanol–water partition coefficient (Wildman–Crippen LogP) is 4.21. The predicted molar refractivity (Wildman–Crippen MR) is 123 cm³/mol. The van der Waals surface area contributed by atoms with Crippen LogP contribution in [0.15, 0.2) is 47.6 Å². The van der Waals surface area contributed by atoms with Crippen LogP contribution in [0.1, 0.15) is 23.5 Å². The molecule has 10 heteroatoms. The molecule has 1 N–H and O–H groups in total. The number of rotatable bonds is 6. The van der Waals surface area contributed by atoms with Crippen molar-refractivity contribution in [1.29, 1.82) is 0 Å². The molecule has 1 atom stereocenters. The summed E-state index contributed by atoms with van der Waals surface area (Å²) in [5, 5.41) is 3.21. The fraction of sp³-hybridized carbons (Fsp3) is 0.429. The number of likely N-dealkylation sites (tertiary alicyclic amines) is 1. The zero-order valence-electron chi connectivity index (χ0n) is 17.4. The van der Waals surface area contributed by atoms with Crippen LogP contribution in [-0.4, -0.2) is 55.9 Å². The van der Waals surface area contributed by atoms with Crippen LogP contribution in [0, 0.1) is 0 Å². The van der Waals surface area contributed by atoms with Gasteiger partial charge in [0.05, 0.1) is 7.11 Å². The van der Waals surface area contributed by atoms with Gasteiger partial charge in [0.15, 0.2) is 12.6 Å². The quantitative estimate of drug-likeness (QED) is 0.332. The van der Waals surface area contributed by atoms with Gasteiger partial charge in [0.1, 0.15) is 5.75 Å². The molecule has 1 saturated heterocycles. The Bertz CT molecular complexity index is 862. The Morgan fingerprint density at radius 1 is 1.26 bits per heavy atom. The van der Waals surface area contributed by atoms with E-state index in [1.807, 2.05) is 12.1 Å². The highest BCUT2D eigenvalue weighted by atomic mass is 127. The monoisotopic (exact) mass is 550 g/mol. The Morgan fingerprint density at radius 3 is 2.65 bits per heavy atom. The first kappa shape index (κ1) is 25.0. The third kappa shape index (κ3) is 7.15. The number of ether oxygens (including phenoxy) is 2. The molecule has 2 aromatic rings. The Labute approximate surface area is 196 Å². The van der Waals surface area contributed by atoms with Crippen molar-refractivity contribution < 1.29 is 22.6 Å². The summed E-state index contributed by atoms with van der Waals surface area (Å²) in [5.41, 5.74) is 1.78. The number of nitrogens with zero attached hydrogens (tertiary/aromatic N) is 3. The number of aliphatic imine (C=N–C) groups is 1. The molecule has 0 saturated carbocycles. The minimum absolute atomic E-state index is 0. The number of halogens is 4. The van der Waals surface area contributed by atoms with Gasteiger partial charge in [-0.2, -0.15) is 13.2 Å². The highest BCUT2D eigenvalue weighted by Gasteiger charge is 2.29. The summed E-state index contributed by atoms with van der Waals surface area (Å²) in [6.45, 7) is 0.524. The van der Waals surface area contributed by atoms with Gasteiger partial charge < -0.3 is 19.7 Å². The largest absolute Gasteiger partial charge is 0.497 e. The van der Waals surface area contributed by atoms with Crippen LogP contribution in [-0.2, 0) is 6.54 Å². The molecule has 1 aliphatic heterocycles. The summed E-state index contributed by atoms with van der Waals surface area (Å²) in [6.07, 6.45) is -2.02. The lowest BCUT2D eigenvalue weighted by atomic mass is 9.98. The topological polar surface area (TPSA) is 59.0 Å². The first-order valence-electron chi connectivity index (χ1n) is 9.62. The van der Waals surface area contributed by atoms with E-state index in [-0.39, 0.29) is 36.4 Å². The number of alkyl halides is 3. The highest BCUT2D eigenvalue weighted by Crippen LogP contribution is 2.28. The van der Waals surface area contributed by atoms with Gasteiger partial charge in [-0.1, -0.05) is 18.2 Å². The van der Waals surface area contributed by atoms with E-state index in [0.29, 0.717) is 17.4 Å². The normalized spacial score (nSPS) is 16.6. The molecule has 1 aromatic carbocycles. The van der Waals surface area contributed by atoms with Gasteiger partial charge in [-0.05, 0) is 30.2 Å². The fourth-order valence-corrected chi connectivity index (χ4v) is 3.45. The van der Waals surface area contributed by atoms with Crippen LogP contribution in [0.3, 0.4) is 0 Å². The Balaban J connectivity index is 0.00000341. The van der Waals surface area contributed by atoms with E-state index in [0.717, 1.165) is 25.3 Å². The summed E-state index contributed by atoms with van der Waals surface area (Å²) < 4.78 is 47.4. The number of hydrogen-bond acceptors (Lipinski definition) is 4. The summed E-state index contributed by atoms with van der Waals surface area (Å²) in [5.74, 6) is 1.86. The van der Waals surface area contributed by atoms with E-state index in [1.165, 1.54) is 11.8 Å². The number of benzene rings is 1. The molecule has 1 fully saturated rings. The maximum absolute atomic E-state index is 12.5. The lowest BCUT2D eigenvalue weighted by Crippen LogP contribution is -2.39. The molecule has 2 heterocycles. The molecule has 0 radical (unpaired) electrons. The van der Waals surface area contributed by atoms with E-state index < -0.39 is 12.8 Å². The van der Waals surface area contributed by atoms with Crippen LogP contribution in [0.2, 0.25) is 0 Å².